The predicted octanol–water partition coefficient (Wildman–Crippen LogP) is 5.00. The number of nitrogens with zero attached hydrogens (tertiary/aromatic N) is 4. The molecule has 0 aliphatic carbocycles. The Morgan fingerprint density at radius 3 is 2.53 bits per heavy atom. The first kappa shape index (κ1) is 22.6. The molecule has 2 aliphatic heterocycles. The number of rotatable bonds is 6. The third kappa shape index (κ3) is 5.00. The minimum Gasteiger partial charge on any atom is -0.440 e. The van der Waals surface area contributed by atoms with E-state index in [2.05, 4.69) is 16.8 Å². The topological polar surface area (TPSA) is 74.2 Å². The molecule has 3 aromatic rings. The number of aliphatic hydroxyl groups is 1. The van der Waals surface area contributed by atoms with E-state index in [-0.39, 0.29) is 17.8 Å². The van der Waals surface area contributed by atoms with E-state index in [1.165, 1.54) is 12.1 Å². The standard InChI is InChI=1S/C27H29FN4O2/c1-18-11-14-29-26(30-18)24-25(34-27(31-24)21-7-9-22(28)10-8-21)20-12-15-32(16-13-20)17-23(33)19-5-3-2-4-6-19/h2-10,14,18,20,23,33H,11-13,15-17H2,1H3. The first-order chi connectivity index (χ1) is 16.6. The van der Waals surface area contributed by atoms with Gasteiger partial charge in [-0.15, -0.1) is 0 Å². The molecule has 1 fully saturated rings. The van der Waals surface area contributed by atoms with Crippen LogP contribution in [-0.4, -0.2) is 52.7 Å². The number of halogens is 1. The van der Waals surface area contributed by atoms with E-state index in [0.717, 1.165) is 49.2 Å². The molecule has 0 radical (unpaired) electrons. The van der Waals surface area contributed by atoms with Gasteiger partial charge in [0.1, 0.15) is 17.3 Å². The number of benzene rings is 2. The second-order valence-corrected chi connectivity index (χ2v) is 9.09. The maximum Gasteiger partial charge on any atom is 0.227 e. The summed E-state index contributed by atoms with van der Waals surface area (Å²) < 4.78 is 19.7. The number of aliphatic hydroxyl groups excluding tert-OH is 1. The minimum atomic E-state index is -0.504. The lowest BCUT2D eigenvalue weighted by Gasteiger charge is -2.32. The summed E-state index contributed by atoms with van der Waals surface area (Å²) in [5, 5.41) is 10.6. The quantitative estimate of drug-likeness (QED) is 0.562. The largest absolute Gasteiger partial charge is 0.440 e. The van der Waals surface area contributed by atoms with Crippen LogP contribution >= 0.6 is 0 Å². The molecule has 1 aromatic heterocycles. The Kier molecular flexibility index (Phi) is 6.65. The van der Waals surface area contributed by atoms with Gasteiger partial charge in [-0.3, -0.25) is 4.99 Å². The molecule has 2 unspecified atom stereocenters. The highest BCUT2D eigenvalue weighted by molar-refractivity contribution is 6.03. The molecule has 2 aromatic carbocycles. The van der Waals surface area contributed by atoms with Crippen LogP contribution in [0.5, 0.6) is 0 Å². The number of β-amino-alcohol motifs (C(OH)–C–C–N with tert-alkyl or cyclic N) is 1. The summed E-state index contributed by atoms with van der Waals surface area (Å²) in [6, 6.07) is 16.1. The van der Waals surface area contributed by atoms with Gasteiger partial charge in [0.2, 0.25) is 5.89 Å². The van der Waals surface area contributed by atoms with Gasteiger partial charge < -0.3 is 14.4 Å². The molecule has 34 heavy (non-hydrogen) atoms. The summed E-state index contributed by atoms with van der Waals surface area (Å²) in [6.45, 7) is 4.37. The Morgan fingerprint density at radius 2 is 1.82 bits per heavy atom. The van der Waals surface area contributed by atoms with Crippen LogP contribution in [0.2, 0.25) is 0 Å². The molecule has 2 aliphatic rings. The fourth-order valence-corrected chi connectivity index (χ4v) is 4.60. The van der Waals surface area contributed by atoms with Gasteiger partial charge in [0.15, 0.2) is 5.84 Å². The van der Waals surface area contributed by atoms with Crippen molar-refractivity contribution in [2.45, 2.75) is 44.2 Å². The monoisotopic (exact) mass is 460 g/mol. The molecule has 3 heterocycles. The van der Waals surface area contributed by atoms with Crippen molar-refractivity contribution >= 4 is 12.1 Å². The van der Waals surface area contributed by atoms with Gasteiger partial charge in [0.05, 0.1) is 12.1 Å². The zero-order valence-electron chi connectivity index (χ0n) is 19.3. The Balaban J connectivity index is 1.35. The molecule has 0 saturated carbocycles. The highest BCUT2D eigenvalue weighted by atomic mass is 19.1. The number of aliphatic imine (C=N–C) groups is 2. The van der Waals surface area contributed by atoms with Crippen LogP contribution in [0.1, 0.15) is 55.2 Å². The Hall–Kier alpha value is -3.16. The van der Waals surface area contributed by atoms with Crippen molar-refractivity contribution in [2.75, 3.05) is 19.6 Å². The number of likely N-dealkylation sites (tertiary alicyclic amines) is 1. The SMILES string of the molecule is CC1CC=NC(c2nc(-c3ccc(F)cc3)oc2C2CCN(CC(O)c3ccccc3)CC2)=N1. The van der Waals surface area contributed by atoms with Gasteiger partial charge in [-0.25, -0.2) is 14.4 Å². The molecule has 0 spiro atoms. The first-order valence-electron chi connectivity index (χ1n) is 11.9. The van der Waals surface area contributed by atoms with E-state index < -0.39 is 6.10 Å². The summed E-state index contributed by atoms with van der Waals surface area (Å²) >= 11 is 0. The number of oxazole rings is 1. The second-order valence-electron chi connectivity index (χ2n) is 9.09. The molecule has 1 N–H and O–H groups in total. The Bertz CT molecular complexity index is 1170. The molecule has 176 valence electrons. The second kappa shape index (κ2) is 9.99. The lowest BCUT2D eigenvalue weighted by molar-refractivity contribution is 0.0954. The highest BCUT2D eigenvalue weighted by Gasteiger charge is 2.30. The van der Waals surface area contributed by atoms with Crippen LogP contribution in [0.4, 0.5) is 4.39 Å². The van der Waals surface area contributed by atoms with Crippen molar-refractivity contribution in [3.8, 4) is 11.5 Å². The molecule has 1 saturated heterocycles. The van der Waals surface area contributed by atoms with Crippen LogP contribution in [0.15, 0.2) is 69.0 Å². The summed E-state index contributed by atoms with van der Waals surface area (Å²) in [5.74, 6) is 1.75. The highest BCUT2D eigenvalue weighted by Crippen LogP contribution is 2.35. The number of amidine groups is 1. The van der Waals surface area contributed by atoms with Crippen molar-refractivity contribution in [2.24, 2.45) is 9.98 Å². The average Bonchev–Trinajstić information content (AvgIpc) is 3.31. The third-order valence-electron chi connectivity index (χ3n) is 6.53. The first-order valence-corrected chi connectivity index (χ1v) is 11.9. The van der Waals surface area contributed by atoms with Crippen LogP contribution in [0.3, 0.4) is 0 Å². The molecule has 0 bridgehead atoms. The minimum absolute atomic E-state index is 0.146. The fraction of sp³-hybridized carbons (Fsp3) is 0.370. The van der Waals surface area contributed by atoms with Crippen molar-refractivity contribution in [1.29, 1.82) is 0 Å². The molecule has 2 atom stereocenters. The van der Waals surface area contributed by atoms with E-state index in [1.807, 2.05) is 36.5 Å². The predicted molar refractivity (Wildman–Crippen MR) is 131 cm³/mol. The number of hydrogen-bond acceptors (Lipinski definition) is 6. The van der Waals surface area contributed by atoms with Gasteiger partial charge in [-0.1, -0.05) is 30.3 Å². The van der Waals surface area contributed by atoms with E-state index >= 15 is 0 Å². The maximum absolute atomic E-state index is 13.4. The van der Waals surface area contributed by atoms with Gasteiger partial charge in [-0.2, -0.15) is 0 Å². The van der Waals surface area contributed by atoms with E-state index in [0.29, 0.717) is 24.0 Å². The van der Waals surface area contributed by atoms with Gasteiger partial charge in [-0.05, 0) is 62.7 Å². The summed E-state index contributed by atoms with van der Waals surface area (Å²) in [5.41, 5.74) is 2.35. The zero-order chi connectivity index (χ0) is 23.5. The summed E-state index contributed by atoms with van der Waals surface area (Å²) in [6.07, 6.45) is 3.97. The van der Waals surface area contributed by atoms with E-state index in [9.17, 15) is 9.50 Å². The Morgan fingerprint density at radius 1 is 1.09 bits per heavy atom. The lowest BCUT2D eigenvalue weighted by atomic mass is 9.92. The van der Waals surface area contributed by atoms with Gasteiger partial charge >= 0.3 is 0 Å². The molecule has 6 nitrogen and oxygen atoms in total. The van der Waals surface area contributed by atoms with Crippen LogP contribution < -0.4 is 0 Å². The molecule has 0 amide bonds. The van der Waals surface area contributed by atoms with Crippen LogP contribution in [0.25, 0.3) is 11.5 Å². The molecule has 5 rings (SSSR count). The molecular formula is C27H29FN4O2. The van der Waals surface area contributed by atoms with Crippen molar-refractivity contribution < 1.29 is 13.9 Å². The normalized spacial score (nSPS) is 20.3. The number of piperidine rings is 1. The van der Waals surface area contributed by atoms with Crippen LogP contribution in [-0.2, 0) is 0 Å². The van der Waals surface area contributed by atoms with Gasteiger partial charge in [0.25, 0.3) is 0 Å². The van der Waals surface area contributed by atoms with Crippen molar-refractivity contribution in [3.05, 3.63) is 77.4 Å². The number of hydrogen-bond donors (Lipinski definition) is 1. The van der Waals surface area contributed by atoms with Crippen molar-refractivity contribution in [3.63, 3.8) is 0 Å². The average molecular weight is 461 g/mol. The zero-order valence-corrected chi connectivity index (χ0v) is 19.3. The third-order valence-corrected chi connectivity index (χ3v) is 6.53. The van der Waals surface area contributed by atoms with E-state index in [1.54, 1.807) is 12.1 Å². The molecule has 7 heteroatoms. The Labute approximate surface area is 198 Å². The summed E-state index contributed by atoms with van der Waals surface area (Å²) in [4.78, 5) is 16.3. The molecular weight excluding hydrogens is 431 g/mol. The van der Waals surface area contributed by atoms with Crippen molar-refractivity contribution in [1.82, 2.24) is 9.88 Å². The van der Waals surface area contributed by atoms with E-state index in [4.69, 9.17) is 14.4 Å². The number of aromatic nitrogens is 1. The maximum atomic E-state index is 13.4. The summed E-state index contributed by atoms with van der Waals surface area (Å²) in [7, 11) is 0. The fourth-order valence-electron chi connectivity index (χ4n) is 4.60. The smallest absolute Gasteiger partial charge is 0.227 e. The van der Waals surface area contributed by atoms with Crippen LogP contribution in [0, 0.1) is 5.82 Å². The van der Waals surface area contributed by atoms with Gasteiger partial charge in [0, 0.05) is 30.7 Å². The lowest BCUT2D eigenvalue weighted by Crippen LogP contribution is -2.36.